The number of aromatic nitrogens is 2. The lowest BCUT2D eigenvalue weighted by Gasteiger charge is -2.17. The lowest BCUT2D eigenvalue weighted by Crippen LogP contribution is -2.27. The zero-order valence-corrected chi connectivity index (χ0v) is 9.83. The van der Waals surface area contributed by atoms with Crippen LogP contribution in [-0.4, -0.2) is 22.5 Å². The summed E-state index contributed by atoms with van der Waals surface area (Å²) in [6.45, 7) is 1.73. The second kappa shape index (κ2) is 4.15. The van der Waals surface area contributed by atoms with E-state index in [0.29, 0.717) is 11.5 Å². The molecule has 90 valence electrons. The van der Waals surface area contributed by atoms with Crippen LogP contribution in [0.3, 0.4) is 0 Å². The van der Waals surface area contributed by atoms with Crippen LogP contribution in [0.4, 0.5) is 5.82 Å². The number of nitrogens with zero attached hydrogens (tertiary/aromatic N) is 4. The zero-order valence-electron chi connectivity index (χ0n) is 9.83. The standard InChI is InChI=1S/C13H12N4O/c14-9-10-12(16-6-3-4-7-16)15-11-5-1-2-8-17(11)13(10)18/h1-2,5,8H,3-4,6-7H2. The van der Waals surface area contributed by atoms with Crippen LogP contribution >= 0.6 is 0 Å². The maximum Gasteiger partial charge on any atom is 0.278 e. The third-order valence-electron chi connectivity index (χ3n) is 3.23. The van der Waals surface area contributed by atoms with Gasteiger partial charge in [0.2, 0.25) is 0 Å². The maximum absolute atomic E-state index is 12.2. The SMILES string of the molecule is N#Cc1c(N2CCCC2)nc2ccccn2c1=O. The van der Waals surface area contributed by atoms with Gasteiger partial charge in [0.15, 0.2) is 11.4 Å². The normalized spacial score (nSPS) is 14.9. The van der Waals surface area contributed by atoms with Crippen molar-refractivity contribution in [3.8, 4) is 6.07 Å². The fourth-order valence-corrected chi connectivity index (χ4v) is 2.33. The summed E-state index contributed by atoms with van der Waals surface area (Å²) in [6, 6.07) is 7.37. The van der Waals surface area contributed by atoms with Gasteiger partial charge < -0.3 is 4.90 Å². The highest BCUT2D eigenvalue weighted by Crippen LogP contribution is 2.20. The molecule has 0 unspecified atom stereocenters. The highest BCUT2D eigenvalue weighted by atomic mass is 16.1. The van der Waals surface area contributed by atoms with Crippen LogP contribution in [0.1, 0.15) is 18.4 Å². The summed E-state index contributed by atoms with van der Waals surface area (Å²) in [5.74, 6) is 0.534. The fourth-order valence-electron chi connectivity index (χ4n) is 2.33. The molecule has 1 aliphatic rings. The number of nitriles is 1. The molecule has 1 saturated heterocycles. The highest BCUT2D eigenvalue weighted by molar-refractivity contribution is 5.58. The first-order valence-corrected chi connectivity index (χ1v) is 5.98. The Morgan fingerprint density at radius 1 is 1.28 bits per heavy atom. The molecule has 2 aromatic heterocycles. The van der Waals surface area contributed by atoms with Crippen molar-refractivity contribution in [3.05, 3.63) is 40.3 Å². The van der Waals surface area contributed by atoms with E-state index in [1.165, 1.54) is 4.40 Å². The van der Waals surface area contributed by atoms with Gasteiger partial charge in [-0.1, -0.05) is 6.07 Å². The predicted molar refractivity (Wildman–Crippen MR) is 67.6 cm³/mol. The van der Waals surface area contributed by atoms with Crippen LogP contribution in [0.2, 0.25) is 0 Å². The average molecular weight is 240 g/mol. The van der Waals surface area contributed by atoms with Gasteiger partial charge in [0, 0.05) is 19.3 Å². The minimum atomic E-state index is -0.287. The van der Waals surface area contributed by atoms with E-state index in [0.717, 1.165) is 25.9 Å². The van der Waals surface area contributed by atoms with Gasteiger partial charge in [-0.25, -0.2) is 4.98 Å². The van der Waals surface area contributed by atoms with Crippen LogP contribution in [0, 0.1) is 11.3 Å². The summed E-state index contributed by atoms with van der Waals surface area (Å²) in [4.78, 5) is 18.7. The van der Waals surface area contributed by atoms with Gasteiger partial charge in [0.1, 0.15) is 11.7 Å². The summed E-state index contributed by atoms with van der Waals surface area (Å²) in [7, 11) is 0. The average Bonchev–Trinajstić information content (AvgIpc) is 2.92. The smallest absolute Gasteiger partial charge is 0.278 e. The lowest BCUT2D eigenvalue weighted by molar-refractivity contribution is 0.913. The molecule has 0 radical (unpaired) electrons. The van der Waals surface area contributed by atoms with E-state index < -0.39 is 0 Å². The first-order valence-electron chi connectivity index (χ1n) is 5.98. The quantitative estimate of drug-likeness (QED) is 0.750. The van der Waals surface area contributed by atoms with E-state index in [9.17, 15) is 10.1 Å². The summed E-state index contributed by atoms with van der Waals surface area (Å²) in [5, 5.41) is 9.19. The van der Waals surface area contributed by atoms with Crippen molar-refractivity contribution in [2.45, 2.75) is 12.8 Å². The molecular weight excluding hydrogens is 228 g/mol. The van der Waals surface area contributed by atoms with Crippen LogP contribution in [0.5, 0.6) is 0 Å². The summed E-state index contributed by atoms with van der Waals surface area (Å²) in [5.41, 5.74) is 0.439. The van der Waals surface area contributed by atoms with Gasteiger partial charge in [-0.3, -0.25) is 9.20 Å². The van der Waals surface area contributed by atoms with Gasteiger partial charge in [0.25, 0.3) is 5.56 Å². The molecule has 5 nitrogen and oxygen atoms in total. The Bertz CT molecular complexity index is 692. The largest absolute Gasteiger partial charge is 0.355 e. The molecule has 0 amide bonds. The second-order valence-corrected chi connectivity index (χ2v) is 4.35. The van der Waals surface area contributed by atoms with Crippen molar-refractivity contribution in [2.75, 3.05) is 18.0 Å². The summed E-state index contributed by atoms with van der Waals surface area (Å²) < 4.78 is 1.41. The van der Waals surface area contributed by atoms with Crippen LogP contribution < -0.4 is 10.5 Å². The molecule has 18 heavy (non-hydrogen) atoms. The van der Waals surface area contributed by atoms with Gasteiger partial charge in [-0.2, -0.15) is 5.26 Å². The Kier molecular flexibility index (Phi) is 2.49. The maximum atomic E-state index is 12.2. The minimum Gasteiger partial charge on any atom is -0.355 e. The first-order chi connectivity index (χ1) is 8.81. The molecule has 0 saturated carbocycles. The molecule has 3 heterocycles. The molecule has 2 aromatic rings. The fraction of sp³-hybridized carbons (Fsp3) is 0.308. The number of hydrogen-bond donors (Lipinski definition) is 0. The predicted octanol–water partition coefficient (Wildman–Crippen LogP) is 1.17. The Hall–Kier alpha value is -2.35. The van der Waals surface area contributed by atoms with Crippen LogP contribution in [0.25, 0.3) is 5.65 Å². The van der Waals surface area contributed by atoms with E-state index in [-0.39, 0.29) is 11.1 Å². The van der Waals surface area contributed by atoms with E-state index in [4.69, 9.17) is 0 Å². The Morgan fingerprint density at radius 3 is 2.78 bits per heavy atom. The minimum absolute atomic E-state index is 0.139. The van der Waals surface area contributed by atoms with Gasteiger partial charge in [-0.15, -0.1) is 0 Å². The van der Waals surface area contributed by atoms with Crippen molar-refractivity contribution in [1.29, 1.82) is 5.26 Å². The number of rotatable bonds is 1. The summed E-state index contributed by atoms with van der Waals surface area (Å²) >= 11 is 0. The molecule has 1 fully saturated rings. The van der Waals surface area contributed by atoms with Crippen molar-refractivity contribution in [1.82, 2.24) is 9.38 Å². The van der Waals surface area contributed by atoms with Crippen LogP contribution in [0.15, 0.2) is 29.2 Å². The highest BCUT2D eigenvalue weighted by Gasteiger charge is 2.20. The zero-order chi connectivity index (χ0) is 12.5. The van der Waals surface area contributed by atoms with Gasteiger partial charge in [-0.05, 0) is 25.0 Å². The topological polar surface area (TPSA) is 61.4 Å². The van der Waals surface area contributed by atoms with Crippen molar-refractivity contribution in [3.63, 3.8) is 0 Å². The molecular formula is C13H12N4O. The third-order valence-corrected chi connectivity index (χ3v) is 3.23. The second-order valence-electron chi connectivity index (χ2n) is 4.35. The number of anilines is 1. The Morgan fingerprint density at radius 2 is 2.06 bits per heavy atom. The van der Waals surface area contributed by atoms with Gasteiger partial charge >= 0.3 is 0 Å². The van der Waals surface area contributed by atoms with E-state index in [1.807, 2.05) is 17.0 Å². The van der Waals surface area contributed by atoms with Gasteiger partial charge in [0.05, 0.1) is 0 Å². The lowest BCUT2D eigenvalue weighted by atomic mass is 10.3. The van der Waals surface area contributed by atoms with Crippen molar-refractivity contribution in [2.24, 2.45) is 0 Å². The number of fused-ring (bicyclic) bond motifs is 1. The molecule has 0 N–H and O–H groups in total. The van der Waals surface area contributed by atoms with Crippen molar-refractivity contribution < 1.29 is 0 Å². The molecule has 0 atom stereocenters. The van der Waals surface area contributed by atoms with Crippen LogP contribution in [-0.2, 0) is 0 Å². The third kappa shape index (κ3) is 1.54. The Balaban J connectivity index is 2.31. The monoisotopic (exact) mass is 240 g/mol. The molecule has 3 rings (SSSR count). The van der Waals surface area contributed by atoms with E-state index >= 15 is 0 Å². The molecule has 0 bridgehead atoms. The number of pyridine rings is 1. The van der Waals surface area contributed by atoms with E-state index in [1.54, 1.807) is 18.3 Å². The number of hydrogen-bond acceptors (Lipinski definition) is 4. The Labute approximate surface area is 104 Å². The first kappa shape index (κ1) is 10.8. The molecule has 0 aliphatic carbocycles. The van der Waals surface area contributed by atoms with Crippen molar-refractivity contribution >= 4 is 11.5 Å². The van der Waals surface area contributed by atoms with E-state index in [2.05, 4.69) is 4.98 Å². The molecule has 1 aliphatic heterocycles. The molecule has 0 aromatic carbocycles. The molecule has 5 heteroatoms. The summed E-state index contributed by atoms with van der Waals surface area (Å²) in [6.07, 6.45) is 3.81. The molecule has 0 spiro atoms.